The number of aliphatic hydroxyl groups is 1. The molecule has 3 heteroatoms. The second kappa shape index (κ2) is 7.51. The zero-order valence-electron chi connectivity index (χ0n) is 12.6. The zero-order valence-corrected chi connectivity index (χ0v) is 12.6. The average Bonchev–Trinajstić information content (AvgIpc) is 2.35. The summed E-state index contributed by atoms with van der Waals surface area (Å²) < 4.78 is 5.69. The van der Waals surface area contributed by atoms with Crippen LogP contribution in [-0.2, 0) is 0 Å². The Hall–Kier alpha value is -1.06. The molecular weight excluding hydrogens is 238 g/mol. The molecule has 0 saturated carbocycles. The van der Waals surface area contributed by atoms with Crippen molar-refractivity contribution in [3.63, 3.8) is 0 Å². The van der Waals surface area contributed by atoms with Crippen molar-refractivity contribution in [2.75, 3.05) is 13.2 Å². The fraction of sp³-hybridized carbons (Fsp3) is 0.625. The molecule has 1 unspecified atom stereocenters. The third kappa shape index (κ3) is 6.60. The van der Waals surface area contributed by atoms with E-state index in [1.807, 2.05) is 12.1 Å². The molecule has 0 aliphatic carbocycles. The minimum atomic E-state index is -0.673. The van der Waals surface area contributed by atoms with Gasteiger partial charge in [0.25, 0.3) is 0 Å². The van der Waals surface area contributed by atoms with Crippen LogP contribution in [0.3, 0.4) is 0 Å². The van der Waals surface area contributed by atoms with Gasteiger partial charge in [0.05, 0.1) is 12.2 Å². The molecule has 0 fully saturated rings. The summed E-state index contributed by atoms with van der Waals surface area (Å²) >= 11 is 0. The predicted octanol–water partition coefficient (Wildman–Crippen LogP) is 3.29. The molecule has 0 aromatic heterocycles. The van der Waals surface area contributed by atoms with E-state index >= 15 is 0 Å². The molecule has 0 saturated heterocycles. The topological polar surface area (TPSA) is 41.5 Å². The van der Waals surface area contributed by atoms with E-state index in [2.05, 4.69) is 31.3 Å². The first-order chi connectivity index (χ1) is 8.92. The molecular formula is C16H27NO2. The molecule has 0 amide bonds. The van der Waals surface area contributed by atoms with Crippen LogP contribution in [-0.4, -0.2) is 23.9 Å². The van der Waals surface area contributed by atoms with Gasteiger partial charge in [-0.2, -0.15) is 0 Å². The quantitative estimate of drug-likeness (QED) is 0.758. The maximum absolute atomic E-state index is 9.65. The number of hydrogen-bond donors (Lipinski definition) is 2. The summed E-state index contributed by atoms with van der Waals surface area (Å²) in [4.78, 5) is 0. The fourth-order valence-corrected chi connectivity index (χ4v) is 1.77. The Labute approximate surface area is 117 Å². The van der Waals surface area contributed by atoms with Crippen molar-refractivity contribution >= 4 is 0 Å². The van der Waals surface area contributed by atoms with E-state index in [0.29, 0.717) is 19.1 Å². The third-order valence-corrected chi connectivity index (χ3v) is 3.04. The average molecular weight is 265 g/mol. The van der Waals surface area contributed by atoms with Crippen LogP contribution in [0.1, 0.15) is 52.1 Å². The molecule has 0 spiro atoms. The third-order valence-electron chi connectivity index (χ3n) is 3.04. The first-order valence-corrected chi connectivity index (χ1v) is 7.11. The smallest absolute Gasteiger partial charge is 0.119 e. The van der Waals surface area contributed by atoms with Crippen molar-refractivity contribution in [3.05, 3.63) is 29.8 Å². The summed E-state index contributed by atoms with van der Waals surface area (Å²) in [5, 5.41) is 13.1. The van der Waals surface area contributed by atoms with Gasteiger partial charge < -0.3 is 15.2 Å². The Balaban J connectivity index is 2.52. The van der Waals surface area contributed by atoms with Gasteiger partial charge in [0.15, 0.2) is 0 Å². The van der Waals surface area contributed by atoms with Crippen LogP contribution >= 0.6 is 0 Å². The van der Waals surface area contributed by atoms with E-state index in [-0.39, 0.29) is 0 Å². The number of ether oxygens (including phenoxy) is 1. The van der Waals surface area contributed by atoms with Crippen LogP contribution in [0.2, 0.25) is 0 Å². The minimum absolute atomic E-state index is 0.331. The van der Waals surface area contributed by atoms with Crippen LogP contribution in [0, 0.1) is 0 Å². The van der Waals surface area contributed by atoms with Gasteiger partial charge in [-0.1, -0.05) is 19.1 Å². The van der Waals surface area contributed by atoms with Crippen LogP contribution < -0.4 is 10.1 Å². The zero-order chi connectivity index (χ0) is 14.3. The minimum Gasteiger partial charge on any atom is -0.493 e. The van der Waals surface area contributed by atoms with Gasteiger partial charge >= 0.3 is 0 Å². The Morgan fingerprint density at radius 1 is 1.37 bits per heavy atom. The number of nitrogens with one attached hydrogen (secondary N) is 1. The summed E-state index contributed by atoms with van der Waals surface area (Å²) in [7, 11) is 0. The predicted molar refractivity (Wildman–Crippen MR) is 79.6 cm³/mol. The van der Waals surface area contributed by atoms with Crippen molar-refractivity contribution in [1.82, 2.24) is 5.32 Å². The Morgan fingerprint density at radius 3 is 2.74 bits per heavy atom. The van der Waals surface area contributed by atoms with E-state index in [1.165, 1.54) is 5.56 Å². The van der Waals surface area contributed by atoms with Gasteiger partial charge in [0.2, 0.25) is 0 Å². The van der Waals surface area contributed by atoms with E-state index in [1.54, 1.807) is 13.8 Å². The lowest BCUT2D eigenvalue weighted by Crippen LogP contribution is -2.22. The monoisotopic (exact) mass is 265 g/mol. The normalized spacial score (nSPS) is 13.3. The van der Waals surface area contributed by atoms with E-state index in [0.717, 1.165) is 18.7 Å². The van der Waals surface area contributed by atoms with Crippen molar-refractivity contribution in [2.24, 2.45) is 0 Å². The SMILES string of the molecule is CCCNC(C)c1cccc(OCCC(C)(C)O)c1. The molecule has 1 aromatic carbocycles. The highest BCUT2D eigenvalue weighted by molar-refractivity contribution is 5.30. The van der Waals surface area contributed by atoms with E-state index < -0.39 is 5.60 Å². The molecule has 1 aromatic rings. The van der Waals surface area contributed by atoms with Gasteiger partial charge in [0.1, 0.15) is 5.75 Å². The van der Waals surface area contributed by atoms with Gasteiger partial charge in [-0.3, -0.25) is 0 Å². The highest BCUT2D eigenvalue weighted by atomic mass is 16.5. The molecule has 3 nitrogen and oxygen atoms in total. The molecule has 0 aliphatic heterocycles. The maximum atomic E-state index is 9.65. The van der Waals surface area contributed by atoms with Crippen molar-refractivity contribution in [1.29, 1.82) is 0 Å². The van der Waals surface area contributed by atoms with Crippen molar-refractivity contribution in [2.45, 2.75) is 52.2 Å². The summed E-state index contributed by atoms with van der Waals surface area (Å²) in [5.74, 6) is 0.867. The molecule has 19 heavy (non-hydrogen) atoms. The first kappa shape index (κ1) is 16.0. The number of benzene rings is 1. The van der Waals surface area contributed by atoms with Gasteiger partial charge in [-0.05, 0) is 51.4 Å². The lowest BCUT2D eigenvalue weighted by molar-refractivity contribution is 0.0553. The van der Waals surface area contributed by atoms with Crippen LogP contribution in [0.5, 0.6) is 5.75 Å². The van der Waals surface area contributed by atoms with Gasteiger partial charge in [-0.25, -0.2) is 0 Å². The fourth-order valence-electron chi connectivity index (χ4n) is 1.77. The Morgan fingerprint density at radius 2 is 2.11 bits per heavy atom. The first-order valence-electron chi connectivity index (χ1n) is 7.11. The summed E-state index contributed by atoms with van der Waals surface area (Å²) in [6, 6.07) is 8.48. The second-order valence-electron chi connectivity index (χ2n) is 5.66. The van der Waals surface area contributed by atoms with E-state index in [4.69, 9.17) is 4.74 Å². The van der Waals surface area contributed by atoms with Crippen molar-refractivity contribution < 1.29 is 9.84 Å². The largest absolute Gasteiger partial charge is 0.493 e. The number of rotatable bonds is 8. The molecule has 2 N–H and O–H groups in total. The standard InChI is InChI=1S/C16H27NO2/c1-5-10-17-13(2)14-7-6-8-15(12-14)19-11-9-16(3,4)18/h6-8,12-13,17-18H,5,9-11H2,1-4H3. The summed E-state index contributed by atoms with van der Waals surface area (Å²) in [6.07, 6.45) is 1.76. The lowest BCUT2D eigenvalue weighted by Gasteiger charge is -2.18. The Kier molecular flexibility index (Phi) is 6.32. The lowest BCUT2D eigenvalue weighted by atomic mass is 10.1. The molecule has 0 aliphatic rings. The summed E-state index contributed by atoms with van der Waals surface area (Å²) in [5.41, 5.74) is 0.558. The molecule has 0 radical (unpaired) electrons. The maximum Gasteiger partial charge on any atom is 0.119 e. The van der Waals surface area contributed by atoms with E-state index in [9.17, 15) is 5.11 Å². The molecule has 108 valence electrons. The molecule has 0 heterocycles. The van der Waals surface area contributed by atoms with Crippen molar-refractivity contribution in [3.8, 4) is 5.75 Å². The van der Waals surface area contributed by atoms with Crippen LogP contribution in [0.4, 0.5) is 0 Å². The molecule has 0 bridgehead atoms. The second-order valence-corrected chi connectivity index (χ2v) is 5.66. The molecule has 1 rings (SSSR count). The summed E-state index contributed by atoms with van der Waals surface area (Å²) in [6.45, 7) is 9.46. The van der Waals surface area contributed by atoms with Crippen LogP contribution in [0.25, 0.3) is 0 Å². The molecule has 1 atom stereocenters. The van der Waals surface area contributed by atoms with Gasteiger partial charge in [-0.15, -0.1) is 0 Å². The highest BCUT2D eigenvalue weighted by Crippen LogP contribution is 2.20. The van der Waals surface area contributed by atoms with Crippen LogP contribution in [0.15, 0.2) is 24.3 Å². The Bertz CT molecular complexity index is 371. The highest BCUT2D eigenvalue weighted by Gasteiger charge is 2.12. The van der Waals surface area contributed by atoms with Gasteiger partial charge in [0, 0.05) is 12.5 Å². The number of hydrogen-bond acceptors (Lipinski definition) is 3.